The van der Waals surface area contributed by atoms with E-state index in [2.05, 4.69) is 5.32 Å². The van der Waals surface area contributed by atoms with Crippen molar-refractivity contribution in [3.05, 3.63) is 35.6 Å². The van der Waals surface area contributed by atoms with Crippen LogP contribution in [0.15, 0.2) is 24.3 Å². The summed E-state index contributed by atoms with van der Waals surface area (Å²) in [4.78, 5) is 10.5. The topological polar surface area (TPSA) is 64.3 Å². The van der Waals surface area contributed by atoms with Crippen LogP contribution in [0.25, 0.3) is 0 Å². The highest BCUT2D eigenvalue weighted by Crippen LogP contribution is 2.15. The van der Waals surface area contributed by atoms with Gasteiger partial charge in [0.15, 0.2) is 0 Å². The lowest BCUT2D eigenvalue weighted by atomic mass is 10.1. The van der Waals surface area contributed by atoms with Gasteiger partial charge in [-0.3, -0.25) is 0 Å². The van der Waals surface area contributed by atoms with Crippen molar-refractivity contribution in [3.8, 4) is 0 Å². The number of nitrogens with two attached hydrogens (primary N) is 1. The van der Waals surface area contributed by atoms with E-state index in [0.29, 0.717) is 0 Å². The van der Waals surface area contributed by atoms with Gasteiger partial charge in [0.2, 0.25) is 0 Å². The molecule has 2 amide bonds. The van der Waals surface area contributed by atoms with E-state index in [1.807, 2.05) is 0 Å². The van der Waals surface area contributed by atoms with Crippen molar-refractivity contribution in [2.45, 2.75) is 6.10 Å². The van der Waals surface area contributed by atoms with E-state index < -0.39 is 6.03 Å². The third-order valence-electron chi connectivity index (χ3n) is 1.99. The molecule has 0 aliphatic rings. The Morgan fingerprint density at radius 1 is 1.53 bits per heavy atom. The number of hydrogen-bond donors (Lipinski definition) is 2. The van der Waals surface area contributed by atoms with Crippen molar-refractivity contribution in [2.75, 3.05) is 13.7 Å². The van der Waals surface area contributed by atoms with Crippen LogP contribution >= 0.6 is 0 Å². The first kappa shape index (κ1) is 11.5. The lowest BCUT2D eigenvalue weighted by Gasteiger charge is -2.15. The number of nitrogens with one attached hydrogen (secondary N) is 1. The molecule has 0 heterocycles. The maximum Gasteiger partial charge on any atom is 0.312 e. The Bertz CT molecular complexity index is 327. The number of ether oxygens (including phenoxy) is 1. The number of methoxy groups -OCH3 is 1. The molecule has 0 spiro atoms. The molecule has 0 aliphatic heterocycles. The summed E-state index contributed by atoms with van der Waals surface area (Å²) < 4.78 is 17.8. The third kappa shape index (κ3) is 3.55. The number of benzene rings is 1. The maximum atomic E-state index is 12.6. The van der Waals surface area contributed by atoms with Crippen molar-refractivity contribution in [3.63, 3.8) is 0 Å². The summed E-state index contributed by atoms with van der Waals surface area (Å²) in [6, 6.07) is 5.27. The monoisotopic (exact) mass is 212 g/mol. The summed E-state index contributed by atoms with van der Waals surface area (Å²) in [5.74, 6) is -0.309. The van der Waals surface area contributed by atoms with Crippen LogP contribution in [-0.2, 0) is 4.74 Å². The molecular weight excluding hydrogens is 199 g/mol. The number of amides is 2. The number of carbonyl (C=O) groups is 1. The second-order valence-corrected chi connectivity index (χ2v) is 3.02. The molecule has 0 radical (unpaired) electrons. The minimum atomic E-state index is -0.612. The lowest BCUT2D eigenvalue weighted by molar-refractivity contribution is 0.104. The second-order valence-electron chi connectivity index (χ2n) is 3.02. The molecule has 1 aromatic carbocycles. The number of urea groups is 1. The van der Waals surface area contributed by atoms with Crippen molar-refractivity contribution < 1.29 is 13.9 Å². The Balaban J connectivity index is 2.65. The molecule has 4 nitrogen and oxygen atoms in total. The highest BCUT2D eigenvalue weighted by atomic mass is 19.1. The van der Waals surface area contributed by atoms with Crippen LogP contribution in [0.4, 0.5) is 9.18 Å². The third-order valence-corrected chi connectivity index (χ3v) is 1.99. The summed E-state index contributed by atoms with van der Waals surface area (Å²) in [6.45, 7) is 0.261. The van der Waals surface area contributed by atoms with E-state index >= 15 is 0 Å². The quantitative estimate of drug-likeness (QED) is 0.787. The Labute approximate surface area is 87.2 Å². The van der Waals surface area contributed by atoms with Gasteiger partial charge in [0.1, 0.15) is 5.82 Å². The molecule has 0 saturated heterocycles. The molecule has 0 aromatic heterocycles. The average molecular weight is 212 g/mol. The molecule has 0 aliphatic carbocycles. The van der Waals surface area contributed by atoms with Crippen molar-refractivity contribution in [1.29, 1.82) is 0 Å². The number of halogens is 1. The summed E-state index contributed by atoms with van der Waals surface area (Å²) in [7, 11) is 1.51. The molecule has 1 unspecified atom stereocenters. The van der Waals surface area contributed by atoms with Crippen LogP contribution in [0.5, 0.6) is 0 Å². The summed E-state index contributed by atoms with van der Waals surface area (Å²) in [6.07, 6.45) is -0.321. The molecule has 5 heteroatoms. The number of rotatable bonds is 4. The van der Waals surface area contributed by atoms with Gasteiger partial charge in [-0.25, -0.2) is 9.18 Å². The summed E-state index contributed by atoms with van der Waals surface area (Å²) in [5, 5.41) is 2.43. The highest BCUT2D eigenvalue weighted by Gasteiger charge is 2.10. The standard InChI is InChI=1S/C10H13FN2O2/c1-15-9(6-13-10(12)14)7-2-4-8(11)5-3-7/h2-5,9H,6H2,1H3,(H3,12,13,14). The Hall–Kier alpha value is -1.62. The molecule has 0 fully saturated rings. The molecule has 15 heavy (non-hydrogen) atoms. The fraction of sp³-hybridized carbons (Fsp3) is 0.300. The smallest absolute Gasteiger partial charge is 0.312 e. The lowest BCUT2D eigenvalue weighted by Crippen LogP contribution is -2.33. The van der Waals surface area contributed by atoms with Gasteiger partial charge in [-0.2, -0.15) is 0 Å². The Morgan fingerprint density at radius 3 is 2.60 bits per heavy atom. The number of hydrogen-bond acceptors (Lipinski definition) is 2. The second kappa shape index (κ2) is 5.31. The van der Waals surface area contributed by atoms with Crippen molar-refractivity contribution >= 4 is 6.03 Å². The fourth-order valence-electron chi connectivity index (χ4n) is 1.21. The number of primary amides is 1. The van der Waals surface area contributed by atoms with Crippen LogP contribution in [-0.4, -0.2) is 19.7 Å². The van der Waals surface area contributed by atoms with Gasteiger partial charge in [0, 0.05) is 13.7 Å². The van der Waals surface area contributed by atoms with Crippen LogP contribution < -0.4 is 11.1 Å². The van der Waals surface area contributed by atoms with Gasteiger partial charge in [-0.15, -0.1) is 0 Å². The van der Waals surface area contributed by atoms with Crippen molar-refractivity contribution in [2.24, 2.45) is 5.73 Å². The predicted molar refractivity (Wildman–Crippen MR) is 53.7 cm³/mol. The molecule has 1 atom stereocenters. The first-order valence-electron chi connectivity index (χ1n) is 4.45. The van der Waals surface area contributed by atoms with Crippen LogP contribution in [0.2, 0.25) is 0 Å². The summed E-state index contributed by atoms with van der Waals surface area (Å²) >= 11 is 0. The largest absolute Gasteiger partial charge is 0.375 e. The first-order chi connectivity index (χ1) is 7.13. The maximum absolute atomic E-state index is 12.6. The average Bonchev–Trinajstić information content (AvgIpc) is 2.21. The van der Waals surface area contributed by atoms with E-state index in [1.165, 1.54) is 19.2 Å². The minimum Gasteiger partial charge on any atom is -0.375 e. The molecular formula is C10H13FN2O2. The van der Waals surface area contributed by atoms with Gasteiger partial charge >= 0.3 is 6.03 Å². The van der Waals surface area contributed by atoms with Gasteiger partial charge in [0.05, 0.1) is 6.10 Å². The van der Waals surface area contributed by atoms with Gasteiger partial charge in [-0.1, -0.05) is 12.1 Å². The Morgan fingerprint density at radius 2 is 2.13 bits per heavy atom. The number of carbonyl (C=O) groups excluding carboxylic acids is 1. The SMILES string of the molecule is COC(CNC(N)=O)c1ccc(F)cc1. The predicted octanol–water partition coefficient (Wildman–Crippen LogP) is 1.18. The van der Waals surface area contributed by atoms with Gasteiger partial charge in [0.25, 0.3) is 0 Å². The zero-order valence-corrected chi connectivity index (χ0v) is 8.37. The molecule has 1 rings (SSSR count). The molecule has 0 saturated carbocycles. The van der Waals surface area contributed by atoms with E-state index in [0.717, 1.165) is 5.56 Å². The van der Waals surface area contributed by atoms with Gasteiger partial charge < -0.3 is 15.8 Å². The zero-order chi connectivity index (χ0) is 11.3. The molecule has 0 bridgehead atoms. The zero-order valence-electron chi connectivity index (χ0n) is 8.37. The molecule has 3 N–H and O–H groups in total. The molecule has 1 aromatic rings. The van der Waals surface area contributed by atoms with E-state index in [-0.39, 0.29) is 18.5 Å². The minimum absolute atomic E-state index is 0.261. The fourth-order valence-corrected chi connectivity index (χ4v) is 1.21. The summed E-state index contributed by atoms with van der Waals surface area (Å²) in [5.41, 5.74) is 5.72. The molecule has 82 valence electrons. The Kier molecular flexibility index (Phi) is 4.05. The van der Waals surface area contributed by atoms with E-state index in [9.17, 15) is 9.18 Å². The highest BCUT2D eigenvalue weighted by molar-refractivity contribution is 5.71. The van der Waals surface area contributed by atoms with E-state index in [4.69, 9.17) is 10.5 Å². The van der Waals surface area contributed by atoms with Gasteiger partial charge in [-0.05, 0) is 17.7 Å². The van der Waals surface area contributed by atoms with Crippen LogP contribution in [0, 0.1) is 5.82 Å². The van der Waals surface area contributed by atoms with E-state index in [1.54, 1.807) is 12.1 Å². The van der Waals surface area contributed by atoms with Crippen LogP contribution in [0.1, 0.15) is 11.7 Å². The first-order valence-corrected chi connectivity index (χ1v) is 4.45. The van der Waals surface area contributed by atoms with Crippen molar-refractivity contribution in [1.82, 2.24) is 5.32 Å². The normalized spacial score (nSPS) is 12.1. The van der Waals surface area contributed by atoms with Crippen LogP contribution in [0.3, 0.4) is 0 Å².